The SMILES string of the molecule is Cc1cc(S(=O)(=O)N2CCN(c3ncncc3Cl)CC2)c(C)s1. The maximum atomic E-state index is 12.8. The molecule has 1 fully saturated rings. The highest BCUT2D eigenvalue weighted by Crippen LogP contribution is 2.29. The van der Waals surface area contributed by atoms with E-state index in [0.717, 1.165) is 9.75 Å². The number of hydrogen-bond acceptors (Lipinski definition) is 6. The molecule has 0 N–H and O–H groups in total. The van der Waals surface area contributed by atoms with Gasteiger partial charge in [-0.3, -0.25) is 0 Å². The van der Waals surface area contributed by atoms with Gasteiger partial charge in [-0.25, -0.2) is 18.4 Å². The van der Waals surface area contributed by atoms with Crippen molar-refractivity contribution in [1.82, 2.24) is 14.3 Å². The van der Waals surface area contributed by atoms with Crippen molar-refractivity contribution >= 4 is 38.8 Å². The monoisotopic (exact) mass is 372 g/mol. The van der Waals surface area contributed by atoms with Crippen molar-refractivity contribution in [3.8, 4) is 0 Å². The molecule has 6 nitrogen and oxygen atoms in total. The van der Waals surface area contributed by atoms with Crippen LogP contribution in [-0.4, -0.2) is 48.9 Å². The molecule has 0 atom stereocenters. The number of halogens is 1. The van der Waals surface area contributed by atoms with E-state index in [0.29, 0.717) is 41.9 Å². The van der Waals surface area contributed by atoms with E-state index in [1.807, 2.05) is 18.7 Å². The molecule has 0 aliphatic carbocycles. The molecule has 0 amide bonds. The summed E-state index contributed by atoms with van der Waals surface area (Å²) in [6.45, 7) is 5.71. The molecule has 1 saturated heterocycles. The highest BCUT2D eigenvalue weighted by Gasteiger charge is 2.31. The first-order valence-corrected chi connectivity index (χ1v) is 9.80. The molecular weight excluding hydrogens is 356 g/mol. The van der Waals surface area contributed by atoms with Crippen LogP contribution in [0.15, 0.2) is 23.5 Å². The van der Waals surface area contributed by atoms with Gasteiger partial charge < -0.3 is 4.90 Å². The van der Waals surface area contributed by atoms with E-state index < -0.39 is 10.0 Å². The van der Waals surface area contributed by atoms with Crippen LogP contribution in [0.3, 0.4) is 0 Å². The van der Waals surface area contributed by atoms with Crippen LogP contribution in [0.25, 0.3) is 0 Å². The molecule has 1 aliphatic rings. The minimum Gasteiger partial charge on any atom is -0.353 e. The van der Waals surface area contributed by atoms with Gasteiger partial charge >= 0.3 is 0 Å². The van der Waals surface area contributed by atoms with Crippen LogP contribution in [-0.2, 0) is 10.0 Å². The standard InChI is InChI=1S/C14H17ClN4O2S2/c1-10-7-13(11(2)22-10)23(20,21)19-5-3-18(4-6-19)14-12(15)8-16-9-17-14/h7-9H,3-6H2,1-2H3. The first kappa shape index (κ1) is 16.6. The Morgan fingerprint density at radius 1 is 1.22 bits per heavy atom. The Bertz CT molecular complexity index is 814. The second-order valence-electron chi connectivity index (χ2n) is 5.36. The van der Waals surface area contributed by atoms with Crippen LogP contribution in [0.1, 0.15) is 9.75 Å². The summed E-state index contributed by atoms with van der Waals surface area (Å²) in [5.41, 5.74) is 0. The largest absolute Gasteiger partial charge is 0.353 e. The van der Waals surface area contributed by atoms with E-state index in [4.69, 9.17) is 11.6 Å². The molecule has 0 bridgehead atoms. The Morgan fingerprint density at radius 3 is 2.48 bits per heavy atom. The fraction of sp³-hybridized carbons (Fsp3) is 0.429. The van der Waals surface area contributed by atoms with Crippen LogP contribution in [0.5, 0.6) is 0 Å². The fourth-order valence-electron chi connectivity index (χ4n) is 2.68. The Morgan fingerprint density at radius 2 is 1.91 bits per heavy atom. The van der Waals surface area contributed by atoms with Gasteiger partial charge in [0.05, 0.1) is 11.1 Å². The Hall–Kier alpha value is -1.22. The number of sulfonamides is 1. The molecule has 0 unspecified atom stereocenters. The van der Waals surface area contributed by atoms with Gasteiger partial charge in [-0.05, 0) is 19.9 Å². The van der Waals surface area contributed by atoms with Gasteiger partial charge in [0.1, 0.15) is 11.3 Å². The highest BCUT2D eigenvalue weighted by atomic mass is 35.5. The van der Waals surface area contributed by atoms with Crippen LogP contribution in [0, 0.1) is 13.8 Å². The smallest absolute Gasteiger partial charge is 0.244 e. The number of piperazine rings is 1. The molecule has 9 heteroatoms. The zero-order chi connectivity index (χ0) is 16.6. The van der Waals surface area contributed by atoms with Gasteiger partial charge in [-0.15, -0.1) is 11.3 Å². The van der Waals surface area contributed by atoms with Crippen molar-refractivity contribution in [2.75, 3.05) is 31.1 Å². The number of aromatic nitrogens is 2. The summed E-state index contributed by atoms with van der Waals surface area (Å²) >= 11 is 7.61. The fourth-order valence-corrected chi connectivity index (χ4v) is 5.85. The predicted molar refractivity (Wildman–Crippen MR) is 91.8 cm³/mol. The summed E-state index contributed by atoms with van der Waals surface area (Å²) in [4.78, 5) is 12.3. The summed E-state index contributed by atoms with van der Waals surface area (Å²) in [5, 5.41) is 0.480. The van der Waals surface area contributed by atoms with Gasteiger partial charge in [0.2, 0.25) is 10.0 Å². The topological polar surface area (TPSA) is 66.4 Å². The van der Waals surface area contributed by atoms with Gasteiger partial charge in [0.25, 0.3) is 0 Å². The van der Waals surface area contributed by atoms with Crippen LogP contribution < -0.4 is 4.90 Å². The van der Waals surface area contributed by atoms with Crippen molar-refractivity contribution in [2.24, 2.45) is 0 Å². The van der Waals surface area contributed by atoms with E-state index in [2.05, 4.69) is 9.97 Å². The van der Waals surface area contributed by atoms with E-state index in [-0.39, 0.29) is 0 Å². The maximum absolute atomic E-state index is 12.8. The van der Waals surface area contributed by atoms with Gasteiger partial charge in [0, 0.05) is 35.9 Å². The average molecular weight is 373 g/mol. The average Bonchev–Trinajstić information content (AvgIpc) is 2.87. The predicted octanol–water partition coefficient (Wildman–Crippen LogP) is 2.32. The lowest BCUT2D eigenvalue weighted by molar-refractivity contribution is 0.383. The lowest BCUT2D eigenvalue weighted by Gasteiger charge is -2.34. The van der Waals surface area contributed by atoms with Crippen LogP contribution in [0.2, 0.25) is 5.02 Å². The van der Waals surface area contributed by atoms with Crippen molar-refractivity contribution in [3.63, 3.8) is 0 Å². The minimum absolute atomic E-state index is 0.414. The van der Waals surface area contributed by atoms with E-state index in [1.165, 1.54) is 22.0 Å². The van der Waals surface area contributed by atoms with Crippen LogP contribution in [0.4, 0.5) is 5.82 Å². The molecule has 1 aliphatic heterocycles. The maximum Gasteiger partial charge on any atom is 0.244 e. The zero-order valence-corrected chi connectivity index (χ0v) is 15.2. The third-order valence-corrected chi connectivity index (χ3v) is 7.19. The lowest BCUT2D eigenvalue weighted by Crippen LogP contribution is -2.49. The molecule has 2 aromatic rings. The summed E-state index contributed by atoms with van der Waals surface area (Å²) in [7, 11) is -3.44. The molecule has 3 heterocycles. The van der Waals surface area contributed by atoms with Gasteiger partial charge in [-0.2, -0.15) is 4.31 Å². The summed E-state index contributed by atoms with van der Waals surface area (Å²) in [6.07, 6.45) is 2.99. The van der Waals surface area contributed by atoms with Crippen molar-refractivity contribution in [1.29, 1.82) is 0 Å². The first-order chi connectivity index (χ1) is 10.9. The first-order valence-electron chi connectivity index (χ1n) is 7.17. The molecule has 0 aromatic carbocycles. The normalized spacial score (nSPS) is 16.7. The molecule has 0 saturated carbocycles. The number of rotatable bonds is 3. The molecule has 3 rings (SSSR count). The minimum atomic E-state index is -3.44. The van der Waals surface area contributed by atoms with Crippen molar-refractivity contribution < 1.29 is 8.42 Å². The number of hydrogen-bond donors (Lipinski definition) is 0. The summed E-state index contributed by atoms with van der Waals surface area (Å²) < 4.78 is 27.1. The third-order valence-electron chi connectivity index (χ3n) is 3.80. The van der Waals surface area contributed by atoms with Gasteiger partial charge in [0.15, 0.2) is 5.82 Å². The Labute approximate surface area is 144 Å². The number of nitrogens with zero attached hydrogens (tertiary/aromatic N) is 4. The molecular formula is C14H17ClN4O2S2. The van der Waals surface area contributed by atoms with E-state index in [9.17, 15) is 8.42 Å². The second-order valence-corrected chi connectivity index (χ2v) is 9.14. The van der Waals surface area contributed by atoms with Crippen LogP contribution >= 0.6 is 22.9 Å². The second kappa shape index (κ2) is 6.35. The molecule has 0 spiro atoms. The van der Waals surface area contributed by atoms with Crippen molar-refractivity contribution in [3.05, 3.63) is 33.4 Å². The Kier molecular flexibility index (Phi) is 4.59. The molecule has 0 radical (unpaired) electrons. The lowest BCUT2D eigenvalue weighted by atomic mass is 10.3. The zero-order valence-electron chi connectivity index (χ0n) is 12.9. The number of aryl methyl sites for hydroxylation is 2. The number of thiophene rings is 1. The molecule has 23 heavy (non-hydrogen) atoms. The highest BCUT2D eigenvalue weighted by molar-refractivity contribution is 7.89. The molecule has 2 aromatic heterocycles. The van der Waals surface area contributed by atoms with Crippen molar-refractivity contribution in [2.45, 2.75) is 18.7 Å². The Balaban J connectivity index is 1.76. The number of anilines is 1. The molecule has 124 valence electrons. The third kappa shape index (κ3) is 3.21. The van der Waals surface area contributed by atoms with Gasteiger partial charge in [-0.1, -0.05) is 11.6 Å². The summed E-state index contributed by atoms with van der Waals surface area (Å²) in [5.74, 6) is 0.654. The van der Waals surface area contributed by atoms with E-state index in [1.54, 1.807) is 12.3 Å². The van der Waals surface area contributed by atoms with E-state index >= 15 is 0 Å². The summed E-state index contributed by atoms with van der Waals surface area (Å²) in [6, 6.07) is 1.75. The quantitative estimate of drug-likeness (QED) is 0.827.